The number of aliphatic hydroxyl groups is 1. The zero-order chi connectivity index (χ0) is 13.4. The van der Waals surface area contributed by atoms with E-state index >= 15 is 0 Å². The molecule has 2 aromatic rings. The molecule has 0 amide bonds. The largest absolute Gasteiger partial charge is 0.485 e. The predicted octanol–water partition coefficient (Wildman–Crippen LogP) is 4.04. The van der Waals surface area contributed by atoms with E-state index in [1.165, 1.54) is 12.1 Å². The first-order valence-electron chi connectivity index (χ1n) is 6.04. The topological polar surface area (TPSA) is 29.5 Å². The molecule has 1 N–H and O–H groups in total. The average molecular weight is 279 g/mol. The normalized spacial score (nSPS) is 21.6. The summed E-state index contributed by atoms with van der Waals surface area (Å²) in [5, 5.41) is 10.2. The minimum atomic E-state index is -0.603. The molecule has 0 saturated heterocycles. The van der Waals surface area contributed by atoms with Gasteiger partial charge >= 0.3 is 0 Å². The van der Waals surface area contributed by atoms with E-state index in [-0.39, 0.29) is 11.1 Å². The van der Waals surface area contributed by atoms with Crippen molar-refractivity contribution < 1.29 is 14.2 Å². The number of ether oxygens (including phenoxy) is 1. The fraction of sp³-hybridized carbons (Fsp3) is 0.200. The number of hydrogen-bond acceptors (Lipinski definition) is 2. The Labute approximate surface area is 115 Å². The third kappa shape index (κ3) is 2.31. The lowest BCUT2D eigenvalue weighted by Gasteiger charge is -2.29. The summed E-state index contributed by atoms with van der Waals surface area (Å²) in [5.74, 6) is 0.165. The molecular formula is C15H12ClFO2. The second kappa shape index (κ2) is 4.83. The lowest BCUT2D eigenvalue weighted by Crippen LogP contribution is -2.19. The second-order valence-corrected chi connectivity index (χ2v) is 4.98. The molecule has 2 aromatic carbocycles. The lowest BCUT2D eigenvalue weighted by atomic mass is 9.95. The molecule has 19 heavy (non-hydrogen) atoms. The van der Waals surface area contributed by atoms with Crippen molar-refractivity contribution in [1.82, 2.24) is 0 Å². The molecule has 2 atom stereocenters. The van der Waals surface area contributed by atoms with Crippen LogP contribution in [0.15, 0.2) is 42.5 Å². The van der Waals surface area contributed by atoms with E-state index < -0.39 is 11.9 Å². The number of benzene rings is 2. The first kappa shape index (κ1) is 12.5. The molecule has 4 heteroatoms. The van der Waals surface area contributed by atoms with Gasteiger partial charge in [-0.15, -0.1) is 0 Å². The molecular weight excluding hydrogens is 267 g/mol. The first-order valence-corrected chi connectivity index (χ1v) is 6.41. The quantitative estimate of drug-likeness (QED) is 0.853. The van der Waals surface area contributed by atoms with Crippen LogP contribution in [0.5, 0.6) is 5.75 Å². The molecule has 1 heterocycles. The van der Waals surface area contributed by atoms with Gasteiger partial charge in [0.1, 0.15) is 17.7 Å². The Morgan fingerprint density at radius 3 is 2.79 bits per heavy atom. The van der Waals surface area contributed by atoms with Crippen molar-refractivity contribution in [1.29, 1.82) is 0 Å². The van der Waals surface area contributed by atoms with Crippen molar-refractivity contribution in [2.45, 2.75) is 18.6 Å². The SMILES string of the molecule is O[C@@H]1CC(c2ccc(Cl)c(F)c2)Oc2ccccc21. The van der Waals surface area contributed by atoms with E-state index in [2.05, 4.69) is 0 Å². The summed E-state index contributed by atoms with van der Waals surface area (Å²) in [6, 6.07) is 11.9. The number of para-hydroxylation sites is 1. The molecule has 0 radical (unpaired) electrons. The van der Waals surface area contributed by atoms with E-state index in [9.17, 15) is 9.50 Å². The Morgan fingerprint density at radius 1 is 1.21 bits per heavy atom. The maximum Gasteiger partial charge on any atom is 0.142 e. The standard InChI is InChI=1S/C15H12ClFO2/c16-11-6-5-9(7-12(11)17)15-8-13(18)10-3-1-2-4-14(10)19-15/h1-7,13,15,18H,8H2/t13-,15?/m1/s1. The average Bonchev–Trinajstić information content (AvgIpc) is 2.42. The van der Waals surface area contributed by atoms with E-state index in [0.29, 0.717) is 17.7 Å². The van der Waals surface area contributed by atoms with Gasteiger partial charge in [0, 0.05) is 12.0 Å². The van der Waals surface area contributed by atoms with Gasteiger partial charge in [-0.05, 0) is 23.8 Å². The Kier molecular flexibility index (Phi) is 3.17. The molecule has 0 bridgehead atoms. The maximum atomic E-state index is 13.5. The summed E-state index contributed by atoms with van der Waals surface area (Å²) < 4.78 is 19.3. The van der Waals surface area contributed by atoms with Crippen molar-refractivity contribution in [3.05, 3.63) is 64.4 Å². The minimum Gasteiger partial charge on any atom is -0.485 e. The van der Waals surface area contributed by atoms with Gasteiger partial charge < -0.3 is 9.84 Å². The summed E-state index contributed by atoms with van der Waals surface area (Å²) in [6.45, 7) is 0. The Bertz CT molecular complexity index is 615. The summed E-state index contributed by atoms with van der Waals surface area (Å²) in [6.07, 6.45) is -0.566. The second-order valence-electron chi connectivity index (χ2n) is 4.57. The molecule has 0 saturated carbocycles. The van der Waals surface area contributed by atoms with Crippen LogP contribution in [0.25, 0.3) is 0 Å². The molecule has 1 aliphatic rings. The number of fused-ring (bicyclic) bond motifs is 1. The third-order valence-corrected chi connectivity index (χ3v) is 3.61. The van der Waals surface area contributed by atoms with Gasteiger partial charge in [0.25, 0.3) is 0 Å². The predicted molar refractivity (Wildman–Crippen MR) is 70.8 cm³/mol. The van der Waals surface area contributed by atoms with Gasteiger partial charge in [-0.3, -0.25) is 0 Å². The highest BCUT2D eigenvalue weighted by Gasteiger charge is 2.28. The molecule has 98 valence electrons. The molecule has 0 aromatic heterocycles. The van der Waals surface area contributed by atoms with Crippen LogP contribution in [0, 0.1) is 5.82 Å². The Hall–Kier alpha value is -1.58. The van der Waals surface area contributed by atoms with Gasteiger partial charge in [-0.2, -0.15) is 0 Å². The smallest absolute Gasteiger partial charge is 0.142 e. The maximum absolute atomic E-state index is 13.5. The van der Waals surface area contributed by atoms with Gasteiger partial charge in [0.05, 0.1) is 11.1 Å². The molecule has 1 aliphatic heterocycles. The fourth-order valence-corrected chi connectivity index (χ4v) is 2.43. The zero-order valence-electron chi connectivity index (χ0n) is 10.0. The summed E-state index contributed by atoms with van der Waals surface area (Å²) in [5.41, 5.74) is 1.45. The van der Waals surface area contributed by atoms with Crippen LogP contribution in [0.3, 0.4) is 0 Å². The molecule has 1 unspecified atom stereocenters. The highest BCUT2D eigenvalue weighted by atomic mass is 35.5. The van der Waals surface area contributed by atoms with Gasteiger partial charge in [-0.1, -0.05) is 35.9 Å². The van der Waals surface area contributed by atoms with Gasteiger partial charge in [0.2, 0.25) is 0 Å². The van der Waals surface area contributed by atoms with E-state index in [1.807, 2.05) is 18.2 Å². The highest BCUT2D eigenvalue weighted by molar-refractivity contribution is 6.30. The van der Waals surface area contributed by atoms with Crippen LogP contribution in [0.4, 0.5) is 4.39 Å². The first-order chi connectivity index (χ1) is 9.15. The highest BCUT2D eigenvalue weighted by Crippen LogP contribution is 2.40. The number of halogens is 2. The number of rotatable bonds is 1. The van der Waals surface area contributed by atoms with E-state index in [1.54, 1.807) is 12.1 Å². The molecule has 2 nitrogen and oxygen atoms in total. The third-order valence-electron chi connectivity index (χ3n) is 3.30. The summed E-state index contributed by atoms with van der Waals surface area (Å²) in [7, 11) is 0. The summed E-state index contributed by atoms with van der Waals surface area (Å²) in [4.78, 5) is 0. The van der Waals surface area contributed by atoms with Gasteiger partial charge in [-0.25, -0.2) is 4.39 Å². The van der Waals surface area contributed by atoms with Crippen LogP contribution in [0.2, 0.25) is 5.02 Å². The van der Waals surface area contributed by atoms with Crippen molar-refractivity contribution >= 4 is 11.6 Å². The summed E-state index contributed by atoms with van der Waals surface area (Å²) >= 11 is 5.66. The lowest BCUT2D eigenvalue weighted by molar-refractivity contribution is 0.0656. The van der Waals surface area contributed by atoms with Crippen LogP contribution >= 0.6 is 11.6 Å². The Balaban J connectivity index is 1.94. The minimum absolute atomic E-state index is 0.0838. The fourth-order valence-electron chi connectivity index (χ4n) is 2.31. The molecule has 0 aliphatic carbocycles. The van der Waals surface area contributed by atoms with Gasteiger partial charge in [0.15, 0.2) is 0 Å². The Morgan fingerprint density at radius 2 is 2.00 bits per heavy atom. The van der Waals surface area contributed by atoms with Crippen molar-refractivity contribution in [3.63, 3.8) is 0 Å². The van der Waals surface area contributed by atoms with Crippen LogP contribution in [0.1, 0.15) is 29.8 Å². The molecule has 3 rings (SSSR count). The number of aliphatic hydroxyl groups excluding tert-OH is 1. The van der Waals surface area contributed by atoms with E-state index in [0.717, 1.165) is 5.56 Å². The molecule has 0 fully saturated rings. The van der Waals surface area contributed by atoms with E-state index in [4.69, 9.17) is 16.3 Å². The monoisotopic (exact) mass is 278 g/mol. The van der Waals surface area contributed by atoms with Crippen molar-refractivity contribution in [3.8, 4) is 5.75 Å². The van der Waals surface area contributed by atoms with Crippen LogP contribution < -0.4 is 4.74 Å². The van der Waals surface area contributed by atoms with Crippen molar-refractivity contribution in [2.24, 2.45) is 0 Å². The van der Waals surface area contributed by atoms with Crippen LogP contribution in [-0.4, -0.2) is 5.11 Å². The van der Waals surface area contributed by atoms with Crippen LogP contribution in [-0.2, 0) is 0 Å². The number of hydrogen-bond donors (Lipinski definition) is 1. The van der Waals surface area contributed by atoms with Crippen molar-refractivity contribution in [2.75, 3.05) is 0 Å². The zero-order valence-corrected chi connectivity index (χ0v) is 10.8. The molecule has 0 spiro atoms.